The predicted octanol–water partition coefficient (Wildman–Crippen LogP) is 2.92. The first-order chi connectivity index (χ1) is 13.8. The van der Waals surface area contributed by atoms with E-state index in [2.05, 4.69) is 56.9 Å². The second-order valence-corrected chi connectivity index (χ2v) is 7.35. The quantitative estimate of drug-likeness (QED) is 0.546. The number of guanidine groups is 1. The highest BCUT2D eigenvalue weighted by Gasteiger charge is 2.22. The van der Waals surface area contributed by atoms with Crippen molar-refractivity contribution in [3.63, 3.8) is 0 Å². The van der Waals surface area contributed by atoms with Crippen LogP contribution in [0, 0.1) is 5.92 Å². The van der Waals surface area contributed by atoms with Crippen molar-refractivity contribution in [1.29, 1.82) is 0 Å². The summed E-state index contributed by atoms with van der Waals surface area (Å²) in [6, 6.07) is 18.9. The molecule has 5 nitrogen and oxygen atoms in total. The number of aliphatic imine (C=N–C) groups is 1. The lowest BCUT2D eigenvalue weighted by Gasteiger charge is -2.17. The zero-order chi connectivity index (χ0) is 19.6. The van der Waals surface area contributed by atoms with E-state index in [0.29, 0.717) is 5.92 Å². The first kappa shape index (κ1) is 20.2. The van der Waals surface area contributed by atoms with Crippen LogP contribution in [0.2, 0.25) is 0 Å². The van der Waals surface area contributed by atoms with Gasteiger partial charge in [-0.05, 0) is 48.6 Å². The van der Waals surface area contributed by atoms with E-state index in [9.17, 15) is 0 Å². The van der Waals surface area contributed by atoms with Crippen molar-refractivity contribution in [1.82, 2.24) is 15.5 Å². The largest absolute Gasteiger partial charge is 0.497 e. The Balaban J connectivity index is 1.37. The standard InChI is InChI=1S/C23H32N4O/c1-24-23(25-16-20-9-6-10-22(15-20)28-2)26-17-21-12-14-27(18-21)13-11-19-7-4-3-5-8-19/h3-10,15,21H,11-14,16-18H2,1-2H3,(H2,24,25,26). The molecule has 2 N–H and O–H groups in total. The van der Waals surface area contributed by atoms with Crippen molar-refractivity contribution >= 4 is 5.96 Å². The van der Waals surface area contributed by atoms with E-state index < -0.39 is 0 Å². The predicted molar refractivity (Wildman–Crippen MR) is 116 cm³/mol. The molecule has 0 spiro atoms. The number of hydrogen-bond donors (Lipinski definition) is 2. The molecule has 1 aliphatic heterocycles. The Morgan fingerprint density at radius 2 is 1.93 bits per heavy atom. The summed E-state index contributed by atoms with van der Waals surface area (Å²) < 4.78 is 5.28. The highest BCUT2D eigenvalue weighted by atomic mass is 16.5. The molecule has 1 atom stereocenters. The van der Waals surface area contributed by atoms with Gasteiger partial charge in [0.25, 0.3) is 0 Å². The summed E-state index contributed by atoms with van der Waals surface area (Å²) in [5, 5.41) is 6.87. The summed E-state index contributed by atoms with van der Waals surface area (Å²) in [4.78, 5) is 6.93. The van der Waals surface area contributed by atoms with Gasteiger partial charge in [-0.2, -0.15) is 0 Å². The van der Waals surface area contributed by atoms with Crippen molar-refractivity contribution in [3.8, 4) is 5.75 Å². The third-order valence-corrected chi connectivity index (χ3v) is 5.31. The van der Waals surface area contributed by atoms with Gasteiger partial charge in [0.2, 0.25) is 0 Å². The van der Waals surface area contributed by atoms with E-state index in [1.54, 1.807) is 7.11 Å². The van der Waals surface area contributed by atoms with Gasteiger partial charge in [0.05, 0.1) is 7.11 Å². The minimum absolute atomic E-state index is 0.672. The Labute approximate surface area is 168 Å². The van der Waals surface area contributed by atoms with Gasteiger partial charge in [-0.1, -0.05) is 42.5 Å². The summed E-state index contributed by atoms with van der Waals surface area (Å²) >= 11 is 0. The number of rotatable bonds is 8. The van der Waals surface area contributed by atoms with E-state index in [1.165, 1.54) is 24.1 Å². The van der Waals surface area contributed by atoms with Crippen LogP contribution in [-0.2, 0) is 13.0 Å². The monoisotopic (exact) mass is 380 g/mol. The van der Waals surface area contributed by atoms with Gasteiger partial charge in [-0.3, -0.25) is 4.99 Å². The molecule has 0 bridgehead atoms. The van der Waals surface area contributed by atoms with Gasteiger partial charge in [0, 0.05) is 33.2 Å². The molecular formula is C23H32N4O. The van der Waals surface area contributed by atoms with Gasteiger partial charge in [0.1, 0.15) is 5.75 Å². The molecule has 2 aromatic carbocycles. The number of benzene rings is 2. The third kappa shape index (κ3) is 6.27. The Bertz CT molecular complexity index is 747. The van der Waals surface area contributed by atoms with Crippen molar-refractivity contribution in [2.24, 2.45) is 10.9 Å². The zero-order valence-corrected chi connectivity index (χ0v) is 17.0. The van der Waals surface area contributed by atoms with E-state index in [1.807, 2.05) is 25.2 Å². The molecule has 1 aliphatic rings. The molecule has 1 unspecified atom stereocenters. The minimum Gasteiger partial charge on any atom is -0.497 e. The number of likely N-dealkylation sites (tertiary alicyclic amines) is 1. The lowest BCUT2D eigenvalue weighted by atomic mass is 10.1. The summed E-state index contributed by atoms with van der Waals surface area (Å²) in [6.45, 7) is 5.18. The molecule has 0 saturated carbocycles. The maximum absolute atomic E-state index is 5.28. The van der Waals surface area contributed by atoms with Crippen molar-refractivity contribution in [2.75, 3.05) is 40.3 Å². The second-order valence-electron chi connectivity index (χ2n) is 7.35. The first-order valence-corrected chi connectivity index (χ1v) is 10.1. The van der Waals surface area contributed by atoms with Crippen molar-refractivity contribution in [2.45, 2.75) is 19.4 Å². The number of methoxy groups -OCH3 is 1. The van der Waals surface area contributed by atoms with Gasteiger partial charge in [-0.25, -0.2) is 0 Å². The molecule has 1 fully saturated rings. The average molecular weight is 381 g/mol. The first-order valence-electron chi connectivity index (χ1n) is 10.1. The fourth-order valence-electron chi connectivity index (χ4n) is 3.64. The molecule has 2 aromatic rings. The van der Waals surface area contributed by atoms with Crippen LogP contribution >= 0.6 is 0 Å². The summed E-state index contributed by atoms with van der Waals surface area (Å²) in [6.07, 6.45) is 2.37. The van der Waals surface area contributed by atoms with Crippen LogP contribution in [-0.4, -0.2) is 51.2 Å². The van der Waals surface area contributed by atoms with E-state index >= 15 is 0 Å². The Kier molecular flexibility index (Phi) is 7.73. The van der Waals surface area contributed by atoms with E-state index in [0.717, 1.165) is 44.3 Å². The number of ether oxygens (including phenoxy) is 1. The van der Waals surface area contributed by atoms with Crippen LogP contribution in [0.15, 0.2) is 59.6 Å². The second kappa shape index (κ2) is 10.7. The number of hydrogen-bond acceptors (Lipinski definition) is 3. The zero-order valence-electron chi connectivity index (χ0n) is 17.0. The number of nitrogens with zero attached hydrogens (tertiary/aromatic N) is 2. The summed E-state index contributed by atoms with van der Waals surface area (Å²) in [5.74, 6) is 2.40. The molecule has 150 valence electrons. The minimum atomic E-state index is 0.672. The molecule has 3 rings (SSSR count). The molecule has 0 aliphatic carbocycles. The maximum Gasteiger partial charge on any atom is 0.191 e. The molecule has 1 saturated heterocycles. The molecule has 0 amide bonds. The van der Waals surface area contributed by atoms with Gasteiger partial charge < -0.3 is 20.3 Å². The van der Waals surface area contributed by atoms with Gasteiger partial charge in [-0.15, -0.1) is 0 Å². The number of nitrogens with one attached hydrogen (secondary N) is 2. The van der Waals surface area contributed by atoms with Crippen molar-refractivity contribution in [3.05, 3.63) is 65.7 Å². The van der Waals surface area contributed by atoms with Crippen molar-refractivity contribution < 1.29 is 4.74 Å². The van der Waals surface area contributed by atoms with Gasteiger partial charge in [0.15, 0.2) is 5.96 Å². The van der Waals surface area contributed by atoms with Crippen LogP contribution in [0.3, 0.4) is 0 Å². The molecule has 0 radical (unpaired) electrons. The fraction of sp³-hybridized carbons (Fsp3) is 0.435. The smallest absolute Gasteiger partial charge is 0.191 e. The Morgan fingerprint density at radius 1 is 1.11 bits per heavy atom. The fourth-order valence-corrected chi connectivity index (χ4v) is 3.64. The molecular weight excluding hydrogens is 348 g/mol. The van der Waals surface area contributed by atoms with Crippen LogP contribution < -0.4 is 15.4 Å². The van der Waals surface area contributed by atoms with Crippen LogP contribution in [0.1, 0.15) is 17.5 Å². The SMILES string of the molecule is CN=C(NCc1cccc(OC)c1)NCC1CCN(CCc2ccccc2)C1. The van der Waals surface area contributed by atoms with Gasteiger partial charge >= 0.3 is 0 Å². The maximum atomic E-state index is 5.28. The van der Waals surface area contributed by atoms with E-state index in [-0.39, 0.29) is 0 Å². The Hall–Kier alpha value is -2.53. The molecule has 28 heavy (non-hydrogen) atoms. The van der Waals surface area contributed by atoms with Crippen LogP contribution in [0.25, 0.3) is 0 Å². The van der Waals surface area contributed by atoms with Crippen LogP contribution in [0.4, 0.5) is 0 Å². The molecule has 5 heteroatoms. The topological polar surface area (TPSA) is 48.9 Å². The lowest BCUT2D eigenvalue weighted by Crippen LogP contribution is -2.40. The average Bonchev–Trinajstić information content (AvgIpc) is 3.21. The highest BCUT2D eigenvalue weighted by Crippen LogP contribution is 2.16. The summed E-state index contributed by atoms with van der Waals surface area (Å²) in [7, 11) is 3.51. The normalized spacial score (nSPS) is 17.5. The summed E-state index contributed by atoms with van der Waals surface area (Å²) in [5.41, 5.74) is 2.60. The molecule has 1 heterocycles. The molecule has 0 aromatic heterocycles. The lowest BCUT2D eigenvalue weighted by molar-refractivity contribution is 0.328. The Morgan fingerprint density at radius 3 is 2.71 bits per heavy atom. The third-order valence-electron chi connectivity index (χ3n) is 5.31. The van der Waals surface area contributed by atoms with E-state index in [4.69, 9.17) is 4.74 Å². The highest BCUT2D eigenvalue weighted by molar-refractivity contribution is 5.79. The van der Waals surface area contributed by atoms with Crippen LogP contribution in [0.5, 0.6) is 5.75 Å².